The first kappa shape index (κ1) is 29.5. The van der Waals surface area contributed by atoms with Gasteiger partial charge in [0.2, 0.25) is 0 Å². The number of hydrogen-bond donors (Lipinski definition) is 3. The number of rotatable bonds is 6. The normalized spacial score (nSPS) is 12.1. The van der Waals surface area contributed by atoms with Gasteiger partial charge in [-0.3, -0.25) is 0 Å². The predicted octanol–water partition coefficient (Wildman–Crippen LogP) is 6.94. The lowest BCUT2D eigenvalue weighted by molar-refractivity contribution is -0.192. The minimum absolute atomic E-state index is 0.191. The number of halogens is 4. The van der Waals surface area contributed by atoms with Crippen LogP contribution in [0.2, 0.25) is 5.02 Å². The van der Waals surface area contributed by atoms with Crippen LogP contribution < -0.4 is 4.74 Å². The van der Waals surface area contributed by atoms with Crippen molar-refractivity contribution in [2.45, 2.75) is 26.1 Å². The first-order valence-electron chi connectivity index (χ1n) is 11.4. The van der Waals surface area contributed by atoms with Crippen molar-refractivity contribution in [2.75, 3.05) is 14.1 Å². The largest absolute Gasteiger partial charge is 0.490 e. The fourth-order valence-corrected chi connectivity index (χ4v) is 3.80. The van der Waals surface area contributed by atoms with E-state index in [0.29, 0.717) is 27.9 Å². The van der Waals surface area contributed by atoms with Gasteiger partial charge in [0.1, 0.15) is 5.75 Å². The number of carboxylic acid groups (broad SMARTS) is 2. The summed E-state index contributed by atoms with van der Waals surface area (Å²) in [6.45, 7) is 3.90. The van der Waals surface area contributed by atoms with Crippen molar-refractivity contribution in [1.29, 1.82) is 0 Å². The Labute approximate surface area is 226 Å². The lowest BCUT2D eigenvalue weighted by atomic mass is 10.0. The molecule has 3 N–H and O–H groups in total. The molecule has 0 aliphatic carbocycles. The van der Waals surface area contributed by atoms with Crippen LogP contribution in [0.4, 0.5) is 13.2 Å². The molecular formula is C27H25ClF3N3O5. The number of imidazole rings is 1. The third kappa shape index (κ3) is 7.27. The molecule has 0 radical (unpaired) electrons. The van der Waals surface area contributed by atoms with Crippen LogP contribution in [0.25, 0.3) is 22.2 Å². The van der Waals surface area contributed by atoms with E-state index in [1.807, 2.05) is 12.1 Å². The number of fused-ring (bicyclic) bond motifs is 1. The fraction of sp³-hybridized carbons (Fsp3) is 0.222. The van der Waals surface area contributed by atoms with Gasteiger partial charge in [-0.05, 0) is 68.9 Å². The van der Waals surface area contributed by atoms with Crippen LogP contribution in [0.1, 0.15) is 34.5 Å². The Morgan fingerprint density at radius 2 is 1.67 bits per heavy atom. The van der Waals surface area contributed by atoms with E-state index in [4.69, 9.17) is 26.2 Å². The van der Waals surface area contributed by atoms with Gasteiger partial charge < -0.3 is 24.8 Å². The number of hydrogen-bond acceptors (Lipinski definition) is 5. The summed E-state index contributed by atoms with van der Waals surface area (Å²) in [6, 6.07) is 17.6. The van der Waals surface area contributed by atoms with E-state index in [9.17, 15) is 23.1 Å². The first-order valence-corrected chi connectivity index (χ1v) is 11.8. The zero-order chi connectivity index (χ0) is 29.1. The van der Waals surface area contributed by atoms with Gasteiger partial charge in [0.05, 0.1) is 21.6 Å². The molecule has 0 aliphatic rings. The highest BCUT2D eigenvalue weighted by atomic mass is 35.5. The van der Waals surface area contributed by atoms with E-state index < -0.39 is 18.1 Å². The van der Waals surface area contributed by atoms with Crippen LogP contribution in [0.5, 0.6) is 11.8 Å². The minimum atomic E-state index is -5.08. The topological polar surface area (TPSA) is 116 Å². The van der Waals surface area contributed by atoms with E-state index in [2.05, 4.69) is 60.2 Å². The van der Waals surface area contributed by atoms with Gasteiger partial charge in [0.25, 0.3) is 6.01 Å². The van der Waals surface area contributed by atoms with Crippen molar-refractivity contribution in [3.8, 4) is 22.9 Å². The summed E-state index contributed by atoms with van der Waals surface area (Å²) < 4.78 is 37.5. The van der Waals surface area contributed by atoms with E-state index in [-0.39, 0.29) is 11.6 Å². The SMILES string of the molecule is Cc1ccc(Oc2nc3cc(-c4ccc(C(C)N(C)C)cc4)c(Cl)cc3[nH]2)cc1C(=O)O.O=C(O)C(F)(F)F. The standard InChI is InChI=1S/C25H24ClN3O3.C2HF3O2/c1-14-5-10-18(11-19(14)24(30)31)32-25-27-22-12-20(21(26)13-23(22)28-25)17-8-6-16(7-9-17)15(2)29(3)4;3-2(4,5)1(6)7/h5-13,15H,1-4H3,(H,27,28)(H,30,31);(H,6,7). The van der Waals surface area contributed by atoms with E-state index in [0.717, 1.165) is 16.6 Å². The minimum Gasteiger partial charge on any atom is -0.478 e. The van der Waals surface area contributed by atoms with Crippen LogP contribution in [0, 0.1) is 6.92 Å². The quantitative estimate of drug-likeness (QED) is 0.233. The lowest BCUT2D eigenvalue weighted by Gasteiger charge is -2.20. The summed E-state index contributed by atoms with van der Waals surface area (Å²) in [7, 11) is 4.11. The maximum absolute atomic E-state index is 11.4. The maximum Gasteiger partial charge on any atom is 0.490 e. The molecule has 8 nitrogen and oxygen atoms in total. The Morgan fingerprint density at radius 3 is 2.21 bits per heavy atom. The third-order valence-corrected chi connectivity index (χ3v) is 6.24. The monoisotopic (exact) mass is 563 g/mol. The van der Waals surface area contributed by atoms with Crippen molar-refractivity contribution in [3.05, 3.63) is 76.3 Å². The molecule has 1 atom stereocenters. The highest BCUT2D eigenvalue weighted by Gasteiger charge is 2.38. The number of aromatic amines is 1. The van der Waals surface area contributed by atoms with Crippen molar-refractivity contribution in [1.82, 2.24) is 14.9 Å². The molecule has 206 valence electrons. The number of aryl methyl sites for hydroxylation is 1. The number of H-pyrrole nitrogens is 1. The Hall–Kier alpha value is -4.09. The number of aliphatic carboxylic acids is 1. The molecule has 4 rings (SSSR count). The molecule has 0 bridgehead atoms. The molecule has 0 fully saturated rings. The molecule has 39 heavy (non-hydrogen) atoms. The van der Waals surface area contributed by atoms with Gasteiger partial charge >= 0.3 is 18.1 Å². The summed E-state index contributed by atoms with van der Waals surface area (Å²) in [5, 5.41) is 17.0. The van der Waals surface area contributed by atoms with Crippen molar-refractivity contribution in [2.24, 2.45) is 0 Å². The van der Waals surface area contributed by atoms with Crippen LogP contribution >= 0.6 is 11.6 Å². The Bertz CT molecular complexity index is 1500. The van der Waals surface area contributed by atoms with Crippen LogP contribution in [-0.2, 0) is 4.79 Å². The van der Waals surface area contributed by atoms with Gasteiger partial charge in [-0.1, -0.05) is 41.9 Å². The third-order valence-electron chi connectivity index (χ3n) is 5.92. The maximum atomic E-state index is 11.4. The van der Waals surface area contributed by atoms with Crippen LogP contribution in [0.15, 0.2) is 54.6 Å². The van der Waals surface area contributed by atoms with E-state index in [1.165, 1.54) is 11.6 Å². The zero-order valence-electron chi connectivity index (χ0n) is 21.3. The second-order valence-corrected chi connectivity index (χ2v) is 9.25. The molecule has 0 saturated carbocycles. The summed E-state index contributed by atoms with van der Waals surface area (Å²) in [5.41, 5.74) is 5.40. The second kappa shape index (κ2) is 11.7. The molecular weight excluding hydrogens is 539 g/mol. The smallest absolute Gasteiger partial charge is 0.478 e. The number of ether oxygens (including phenoxy) is 1. The van der Waals surface area contributed by atoms with Crippen molar-refractivity contribution < 1.29 is 37.7 Å². The molecule has 1 unspecified atom stereocenters. The molecule has 4 aromatic rings. The molecule has 0 spiro atoms. The molecule has 0 amide bonds. The summed E-state index contributed by atoms with van der Waals surface area (Å²) in [6.07, 6.45) is -5.08. The van der Waals surface area contributed by atoms with Gasteiger partial charge in [-0.15, -0.1) is 0 Å². The Balaban J connectivity index is 0.000000532. The molecule has 12 heteroatoms. The highest BCUT2D eigenvalue weighted by Crippen LogP contribution is 2.34. The number of alkyl halides is 3. The van der Waals surface area contributed by atoms with Gasteiger partial charge in [0, 0.05) is 11.6 Å². The number of carboxylic acids is 2. The average molecular weight is 564 g/mol. The van der Waals surface area contributed by atoms with Crippen LogP contribution in [0.3, 0.4) is 0 Å². The summed E-state index contributed by atoms with van der Waals surface area (Å²) in [5.74, 6) is -3.36. The number of benzene rings is 3. The van der Waals surface area contributed by atoms with Gasteiger partial charge in [0.15, 0.2) is 0 Å². The van der Waals surface area contributed by atoms with E-state index >= 15 is 0 Å². The predicted molar refractivity (Wildman–Crippen MR) is 141 cm³/mol. The number of carbonyl (C=O) groups is 2. The fourth-order valence-electron chi connectivity index (χ4n) is 3.52. The zero-order valence-corrected chi connectivity index (χ0v) is 22.1. The summed E-state index contributed by atoms with van der Waals surface area (Å²) >= 11 is 6.57. The number of nitrogens with one attached hydrogen (secondary N) is 1. The Kier molecular flexibility index (Phi) is 8.88. The molecule has 1 heterocycles. The summed E-state index contributed by atoms with van der Waals surface area (Å²) in [4.78, 5) is 30.0. The van der Waals surface area contributed by atoms with E-state index in [1.54, 1.807) is 19.1 Å². The number of nitrogens with zero attached hydrogens (tertiary/aromatic N) is 2. The Morgan fingerprint density at radius 1 is 1.05 bits per heavy atom. The second-order valence-electron chi connectivity index (χ2n) is 8.84. The molecule has 1 aromatic heterocycles. The first-order chi connectivity index (χ1) is 18.2. The van der Waals surface area contributed by atoms with Crippen LogP contribution in [-0.4, -0.2) is 57.3 Å². The number of aromatic carboxylic acids is 1. The number of aromatic nitrogens is 2. The lowest BCUT2D eigenvalue weighted by Crippen LogP contribution is -2.21. The molecule has 3 aromatic carbocycles. The van der Waals surface area contributed by atoms with Gasteiger partial charge in [-0.25, -0.2) is 9.59 Å². The molecule has 0 saturated heterocycles. The highest BCUT2D eigenvalue weighted by molar-refractivity contribution is 6.34. The average Bonchev–Trinajstić information content (AvgIpc) is 3.24. The molecule has 0 aliphatic heterocycles. The van der Waals surface area contributed by atoms with Crippen molar-refractivity contribution >= 4 is 34.6 Å². The van der Waals surface area contributed by atoms with Gasteiger partial charge in [-0.2, -0.15) is 18.2 Å². The van der Waals surface area contributed by atoms with Crippen molar-refractivity contribution in [3.63, 3.8) is 0 Å².